The molecule has 0 heterocycles. The summed E-state index contributed by atoms with van der Waals surface area (Å²) in [6.07, 6.45) is 0. The average Bonchev–Trinajstić information content (AvgIpc) is 2.51. The summed E-state index contributed by atoms with van der Waals surface area (Å²) in [5.41, 5.74) is 1.21. The van der Waals surface area contributed by atoms with E-state index in [-0.39, 0.29) is 10.1 Å². The standard InChI is InChI=1S/C13H12Cl6/c1-5-6(2)10(4)9(5,3)11(16)7(14)8(15)12(10,17)13(11,18)19/h1-4H3/t9-,10+,11-,12-/m1/s1. The normalized spacial score (nSPS) is 54.6. The van der Waals surface area contributed by atoms with Gasteiger partial charge in [0.05, 0.1) is 10.1 Å². The third kappa shape index (κ3) is 0.932. The van der Waals surface area contributed by atoms with Crippen LogP contribution in [0.25, 0.3) is 0 Å². The van der Waals surface area contributed by atoms with Crippen molar-refractivity contribution in [2.45, 2.75) is 41.8 Å². The summed E-state index contributed by atoms with van der Waals surface area (Å²) in [5.74, 6) is 0. The molecule has 1 fully saturated rings. The Morgan fingerprint density at radius 1 is 0.684 bits per heavy atom. The van der Waals surface area contributed by atoms with Gasteiger partial charge in [0.1, 0.15) is 9.75 Å². The van der Waals surface area contributed by atoms with Gasteiger partial charge in [-0.3, -0.25) is 0 Å². The third-order valence-corrected chi connectivity index (χ3v) is 10.6. The van der Waals surface area contributed by atoms with E-state index < -0.39 is 24.9 Å². The van der Waals surface area contributed by atoms with Crippen LogP contribution in [0.15, 0.2) is 21.2 Å². The van der Waals surface area contributed by atoms with E-state index in [0.29, 0.717) is 0 Å². The summed E-state index contributed by atoms with van der Waals surface area (Å²) in [5, 5.41) is 0.533. The van der Waals surface area contributed by atoms with Crippen molar-refractivity contribution < 1.29 is 0 Å². The van der Waals surface area contributed by atoms with Crippen LogP contribution in [-0.4, -0.2) is 14.1 Å². The topological polar surface area (TPSA) is 0 Å². The molecule has 1 saturated carbocycles. The Morgan fingerprint density at radius 2 is 0.947 bits per heavy atom. The Bertz CT molecular complexity index is 542. The Labute approximate surface area is 143 Å². The lowest BCUT2D eigenvalue weighted by atomic mass is 9.44. The number of alkyl halides is 4. The minimum absolute atomic E-state index is 0.266. The second kappa shape index (κ2) is 3.42. The van der Waals surface area contributed by atoms with Gasteiger partial charge >= 0.3 is 0 Å². The molecule has 106 valence electrons. The third-order valence-electron chi connectivity index (χ3n) is 6.10. The molecule has 0 nitrogen and oxygen atoms in total. The van der Waals surface area contributed by atoms with Crippen LogP contribution in [0, 0.1) is 10.8 Å². The zero-order valence-electron chi connectivity index (χ0n) is 10.8. The summed E-state index contributed by atoms with van der Waals surface area (Å²) < 4.78 is -1.47. The number of allylic oxidation sites excluding steroid dienone is 4. The molecule has 0 amide bonds. The van der Waals surface area contributed by atoms with Crippen molar-refractivity contribution in [2.75, 3.05) is 0 Å². The van der Waals surface area contributed by atoms with E-state index in [0.717, 1.165) is 11.1 Å². The first-order chi connectivity index (χ1) is 8.38. The summed E-state index contributed by atoms with van der Waals surface area (Å²) in [7, 11) is 0. The fourth-order valence-electron chi connectivity index (χ4n) is 4.53. The van der Waals surface area contributed by atoms with Crippen LogP contribution in [-0.2, 0) is 0 Å². The van der Waals surface area contributed by atoms with Crippen LogP contribution in [0.5, 0.6) is 0 Å². The maximum atomic E-state index is 6.85. The van der Waals surface area contributed by atoms with E-state index in [1.54, 1.807) is 0 Å². The van der Waals surface area contributed by atoms with Crippen LogP contribution in [0.1, 0.15) is 27.7 Å². The lowest BCUT2D eigenvalue weighted by Crippen LogP contribution is -2.61. The van der Waals surface area contributed by atoms with Crippen LogP contribution >= 0.6 is 69.6 Å². The summed E-state index contributed by atoms with van der Waals surface area (Å²) in [6.45, 7) is 8.06. The number of hydrogen-bond acceptors (Lipinski definition) is 0. The predicted molar refractivity (Wildman–Crippen MR) is 84.9 cm³/mol. The number of halogens is 6. The van der Waals surface area contributed by atoms with Gasteiger partial charge < -0.3 is 0 Å². The van der Waals surface area contributed by atoms with Gasteiger partial charge in [-0.1, -0.05) is 71.4 Å². The predicted octanol–water partition coefficient (Wildman–Crippen LogP) is 6.19. The Hall–Kier alpha value is 1.22. The Kier molecular flexibility index (Phi) is 2.72. The summed E-state index contributed by atoms with van der Waals surface area (Å²) >= 11 is 39.7. The van der Waals surface area contributed by atoms with Gasteiger partial charge in [-0.15, -0.1) is 23.2 Å². The number of fused-ring (bicyclic) bond motifs is 5. The van der Waals surface area contributed by atoms with Crippen LogP contribution < -0.4 is 0 Å². The van der Waals surface area contributed by atoms with Gasteiger partial charge in [0.2, 0.25) is 0 Å². The lowest BCUT2D eigenvalue weighted by molar-refractivity contribution is 0.0987. The molecule has 0 radical (unpaired) electrons. The first kappa shape index (κ1) is 15.1. The van der Waals surface area contributed by atoms with Crippen LogP contribution in [0.2, 0.25) is 0 Å². The molecule has 0 aromatic heterocycles. The fourth-order valence-corrected chi connectivity index (χ4v) is 8.08. The molecule has 2 bridgehead atoms. The van der Waals surface area contributed by atoms with Crippen molar-refractivity contribution >= 4 is 69.6 Å². The number of rotatable bonds is 0. The largest absolute Gasteiger partial charge is 0.168 e. The molecule has 0 unspecified atom stereocenters. The lowest BCUT2D eigenvalue weighted by Gasteiger charge is -2.62. The summed E-state index contributed by atoms with van der Waals surface area (Å²) in [6, 6.07) is 0. The molecule has 6 heteroatoms. The SMILES string of the molecule is CC1=C(C)[C@]2(C)[C@@]1(C)[C@]1(Cl)C(Cl)=C(Cl)[C@]2(Cl)C1(Cl)Cl. The molecule has 3 aliphatic carbocycles. The van der Waals surface area contributed by atoms with Gasteiger partial charge in [0.15, 0.2) is 4.33 Å². The van der Waals surface area contributed by atoms with E-state index in [1.807, 2.05) is 27.7 Å². The van der Waals surface area contributed by atoms with Gasteiger partial charge in [-0.2, -0.15) is 0 Å². The molecule has 3 rings (SSSR count). The maximum absolute atomic E-state index is 6.85. The minimum Gasteiger partial charge on any atom is -0.109 e. The zero-order valence-corrected chi connectivity index (χ0v) is 15.3. The van der Waals surface area contributed by atoms with E-state index in [2.05, 4.69) is 0 Å². The zero-order chi connectivity index (χ0) is 14.8. The summed E-state index contributed by atoms with van der Waals surface area (Å²) in [4.78, 5) is -2.41. The van der Waals surface area contributed by atoms with Crippen LogP contribution in [0.3, 0.4) is 0 Å². The van der Waals surface area contributed by atoms with Gasteiger partial charge in [-0.05, 0) is 13.8 Å². The van der Waals surface area contributed by atoms with Crippen molar-refractivity contribution in [1.82, 2.24) is 0 Å². The number of hydrogen-bond donors (Lipinski definition) is 0. The highest BCUT2D eigenvalue weighted by Gasteiger charge is 2.93. The van der Waals surface area contributed by atoms with Crippen molar-refractivity contribution in [1.29, 1.82) is 0 Å². The van der Waals surface area contributed by atoms with Crippen LogP contribution in [0.4, 0.5) is 0 Å². The molecule has 19 heavy (non-hydrogen) atoms. The molecule has 4 atom stereocenters. The van der Waals surface area contributed by atoms with Gasteiger partial charge in [0.25, 0.3) is 0 Å². The van der Waals surface area contributed by atoms with Gasteiger partial charge in [0, 0.05) is 10.8 Å². The van der Waals surface area contributed by atoms with E-state index in [9.17, 15) is 0 Å². The Balaban J connectivity index is 2.49. The molecule has 0 N–H and O–H groups in total. The quantitative estimate of drug-likeness (QED) is 0.347. The molecule has 0 aliphatic heterocycles. The van der Waals surface area contributed by atoms with E-state index in [4.69, 9.17) is 69.6 Å². The monoisotopic (exact) mass is 378 g/mol. The second-order valence-corrected chi connectivity index (χ2v) is 9.24. The van der Waals surface area contributed by atoms with E-state index in [1.165, 1.54) is 0 Å². The second-order valence-electron chi connectivity index (χ2n) is 6.02. The Morgan fingerprint density at radius 3 is 1.21 bits per heavy atom. The first-order valence-corrected chi connectivity index (χ1v) is 8.15. The van der Waals surface area contributed by atoms with Crippen molar-refractivity contribution in [2.24, 2.45) is 10.8 Å². The molecular weight excluding hydrogens is 369 g/mol. The van der Waals surface area contributed by atoms with Crippen molar-refractivity contribution in [3.05, 3.63) is 21.2 Å². The molecule has 0 spiro atoms. The average molecular weight is 381 g/mol. The molecule has 0 aromatic carbocycles. The maximum Gasteiger partial charge on any atom is 0.168 e. The molecular formula is C13H12Cl6. The van der Waals surface area contributed by atoms with Gasteiger partial charge in [-0.25, -0.2) is 0 Å². The molecule has 0 aromatic rings. The highest BCUT2D eigenvalue weighted by molar-refractivity contribution is 6.66. The molecule has 0 saturated heterocycles. The first-order valence-electron chi connectivity index (χ1n) is 5.88. The minimum atomic E-state index is -1.47. The fraction of sp³-hybridized carbons (Fsp3) is 0.692. The highest BCUT2D eigenvalue weighted by atomic mass is 35.5. The molecule has 3 aliphatic rings. The smallest absolute Gasteiger partial charge is 0.109 e. The van der Waals surface area contributed by atoms with Crippen molar-refractivity contribution in [3.8, 4) is 0 Å². The van der Waals surface area contributed by atoms with Crippen molar-refractivity contribution in [3.63, 3.8) is 0 Å². The van der Waals surface area contributed by atoms with E-state index >= 15 is 0 Å². The highest BCUT2D eigenvalue weighted by Crippen LogP contribution is 2.90.